The Morgan fingerprint density at radius 1 is 1.56 bits per heavy atom. The second-order valence-electron chi connectivity index (χ2n) is 4.16. The number of aromatic nitrogens is 1. The summed E-state index contributed by atoms with van der Waals surface area (Å²) in [6.07, 6.45) is 5.31. The van der Waals surface area contributed by atoms with Crippen LogP contribution >= 0.6 is 0 Å². The molecule has 1 aromatic rings. The molecule has 88 valence electrons. The van der Waals surface area contributed by atoms with Crippen LogP contribution < -0.4 is 11.3 Å². The summed E-state index contributed by atoms with van der Waals surface area (Å²) in [5.41, 5.74) is 6.21. The molecule has 1 aromatic heterocycles. The zero-order valence-electron chi connectivity index (χ0n) is 9.39. The van der Waals surface area contributed by atoms with Crippen molar-refractivity contribution in [2.45, 2.75) is 38.5 Å². The van der Waals surface area contributed by atoms with Gasteiger partial charge in [-0.15, -0.1) is 0 Å². The van der Waals surface area contributed by atoms with Crippen LogP contribution in [0.1, 0.15) is 24.8 Å². The molecule has 2 N–H and O–H groups in total. The molecule has 0 saturated carbocycles. The van der Waals surface area contributed by atoms with Crippen molar-refractivity contribution in [3.05, 3.63) is 34.2 Å². The normalized spacial score (nSPS) is 20.2. The van der Waals surface area contributed by atoms with Gasteiger partial charge < -0.3 is 15.0 Å². The molecule has 16 heavy (non-hydrogen) atoms. The predicted molar refractivity (Wildman–Crippen MR) is 62.2 cm³/mol. The maximum atomic E-state index is 11.8. The van der Waals surface area contributed by atoms with Crippen molar-refractivity contribution in [1.82, 2.24) is 4.57 Å². The van der Waals surface area contributed by atoms with E-state index in [1.807, 2.05) is 12.3 Å². The molecule has 1 saturated heterocycles. The third-order valence-corrected chi connectivity index (χ3v) is 3.03. The second-order valence-corrected chi connectivity index (χ2v) is 4.16. The van der Waals surface area contributed by atoms with Crippen LogP contribution in [-0.2, 0) is 17.8 Å². The van der Waals surface area contributed by atoms with Gasteiger partial charge in [0, 0.05) is 31.5 Å². The number of hydrogen-bond donors (Lipinski definition) is 1. The summed E-state index contributed by atoms with van der Waals surface area (Å²) in [5.74, 6) is 0. The highest BCUT2D eigenvalue weighted by Crippen LogP contribution is 2.15. The highest BCUT2D eigenvalue weighted by atomic mass is 16.5. The van der Waals surface area contributed by atoms with Gasteiger partial charge in [-0.25, -0.2) is 0 Å². The molecule has 2 heterocycles. The van der Waals surface area contributed by atoms with E-state index in [1.54, 1.807) is 10.6 Å². The lowest BCUT2D eigenvalue weighted by atomic mass is 10.2. The van der Waals surface area contributed by atoms with E-state index in [2.05, 4.69) is 0 Å². The molecule has 0 amide bonds. The summed E-state index contributed by atoms with van der Waals surface area (Å²) >= 11 is 0. The SMILES string of the molecule is NCc1cccn(CCC2CCCO2)c1=O. The Hall–Kier alpha value is -1.13. The minimum absolute atomic E-state index is 0.0306. The quantitative estimate of drug-likeness (QED) is 0.822. The number of hydrogen-bond acceptors (Lipinski definition) is 3. The molecule has 0 aromatic carbocycles. The first kappa shape index (κ1) is 11.4. The van der Waals surface area contributed by atoms with Gasteiger partial charge in [-0.3, -0.25) is 4.79 Å². The van der Waals surface area contributed by atoms with E-state index in [1.165, 1.54) is 0 Å². The molecule has 0 bridgehead atoms. The van der Waals surface area contributed by atoms with E-state index in [4.69, 9.17) is 10.5 Å². The van der Waals surface area contributed by atoms with Crippen LogP contribution in [0.4, 0.5) is 0 Å². The summed E-state index contributed by atoms with van der Waals surface area (Å²) in [6.45, 7) is 1.89. The second kappa shape index (κ2) is 5.27. The van der Waals surface area contributed by atoms with Crippen LogP contribution in [0.5, 0.6) is 0 Å². The van der Waals surface area contributed by atoms with Gasteiger partial charge in [-0.2, -0.15) is 0 Å². The molecule has 1 fully saturated rings. The van der Waals surface area contributed by atoms with Gasteiger partial charge in [0.1, 0.15) is 0 Å². The Balaban J connectivity index is 2.00. The van der Waals surface area contributed by atoms with Gasteiger partial charge in [0.05, 0.1) is 6.10 Å². The number of rotatable bonds is 4. The van der Waals surface area contributed by atoms with E-state index in [-0.39, 0.29) is 5.56 Å². The van der Waals surface area contributed by atoms with Crippen molar-refractivity contribution in [1.29, 1.82) is 0 Å². The summed E-state index contributed by atoms with van der Waals surface area (Å²) < 4.78 is 7.26. The first-order chi connectivity index (χ1) is 7.81. The molecule has 0 aliphatic carbocycles. The maximum Gasteiger partial charge on any atom is 0.255 e. The molecule has 2 rings (SSSR count). The van der Waals surface area contributed by atoms with Crippen molar-refractivity contribution in [2.24, 2.45) is 5.73 Å². The highest BCUT2D eigenvalue weighted by Gasteiger charge is 2.15. The summed E-state index contributed by atoms with van der Waals surface area (Å²) in [5, 5.41) is 0. The Morgan fingerprint density at radius 3 is 3.12 bits per heavy atom. The smallest absolute Gasteiger partial charge is 0.255 e. The number of nitrogens with zero attached hydrogens (tertiary/aromatic N) is 1. The summed E-state index contributed by atoms with van der Waals surface area (Å²) in [6, 6.07) is 3.66. The van der Waals surface area contributed by atoms with E-state index in [0.717, 1.165) is 32.4 Å². The standard InChI is InChI=1S/C12H18N2O2/c13-9-10-3-1-6-14(12(10)15)7-5-11-4-2-8-16-11/h1,3,6,11H,2,4-5,7-9,13H2. The Kier molecular flexibility index (Phi) is 3.74. The number of aryl methyl sites for hydroxylation is 1. The third kappa shape index (κ3) is 2.51. The number of pyridine rings is 1. The van der Waals surface area contributed by atoms with Crippen LogP contribution in [0.15, 0.2) is 23.1 Å². The van der Waals surface area contributed by atoms with Crippen molar-refractivity contribution >= 4 is 0 Å². The Morgan fingerprint density at radius 2 is 2.44 bits per heavy atom. The number of ether oxygens (including phenoxy) is 1. The Labute approximate surface area is 95.0 Å². The summed E-state index contributed by atoms with van der Waals surface area (Å²) in [4.78, 5) is 11.8. The number of nitrogens with two attached hydrogens (primary N) is 1. The minimum atomic E-state index is 0.0306. The van der Waals surface area contributed by atoms with Gasteiger partial charge in [-0.1, -0.05) is 6.07 Å². The zero-order chi connectivity index (χ0) is 11.4. The molecule has 4 heteroatoms. The van der Waals surface area contributed by atoms with Crippen molar-refractivity contribution < 1.29 is 4.74 Å². The van der Waals surface area contributed by atoms with Crippen LogP contribution in [0.25, 0.3) is 0 Å². The molecule has 1 aliphatic rings. The van der Waals surface area contributed by atoms with E-state index < -0.39 is 0 Å². The molecule has 4 nitrogen and oxygen atoms in total. The minimum Gasteiger partial charge on any atom is -0.378 e. The molecular weight excluding hydrogens is 204 g/mol. The topological polar surface area (TPSA) is 57.2 Å². The lowest BCUT2D eigenvalue weighted by Gasteiger charge is -2.11. The molecule has 0 spiro atoms. The van der Waals surface area contributed by atoms with Crippen LogP contribution in [-0.4, -0.2) is 17.3 Å². The van der Waals surface area contributed by atoms with E-state index in [9.17, 15) is 4.79 Å². The van der Waals surface area contributed by atoms with Gasteiger partial charge in [0.25, 0.3) is 5.56 Å². The fourth-order valence-corrected chi connectivity index (χ4v) is 2.07. The van der Waals surface area contributed by atoms with Crippen LogP contribution in [0, 0.1) is 0 Å². The van der Waals surface area contributed by atoms with Crippen LogP contribution in [0.2, 0.25) is 0 Å². The van der Waals surface area contributed by atoms with E-state index in [0.29, 0.717) is 18.2 Å². The zero-order valence-corrected chi connectivity index (χ0v) is 9.39. The summed E-state index contributed by atoms with van der Waals surface area (Å²) in [7, 11) is 0. The molecule has 0 radical (unpaired) electrons. The predicted octanol–water partition coefficient (Wildman–Crippen LogP) is 0.876. The molecular formula is C12H18N2O2. The van der Waals surface area contributed by atoms with Crippen molar-refractivity contribution in [2.75, 3.05) is 6.61 Å². The highest BCUT2D eigenvalue weighted by molar-refractivity contribution is 5.09. The van der Waals surface area contributed by atoms with Crippen molar-refractivity contribution in [3.8, 4) is 0 Å². The molecule has 1 aliphatic heterocycles. The van der Waals surface area contributed by atoms with Crippen LogP contribution in [0.3, 0.4) is 0 Å². The lowest BCUT2D eigenvalue weighted by molar-refractivity contribution is 0.100. The molecule has 1 unspecified atom stereocenters. The first-order valence-electron chi connectivity index (χ1n) is 5.81. The van der Waals surface area contributed by atoms with Gasteiger partial charge >= 0.3 is 0 Å². The fraction of sp³-hybridized carbons (Fsp3) is 0.583. The largest absolute Gasteiger partial charge is 0.378 e. The monoisotopic (exact) mass is 222 g/mol. The maximum absolute atomic E-state index is 11.8. The van der Waals surface area contributed by atoms with Gasteiger partial charge in [0.2, 0.25) is 0 Å². The third-order valence-electron chi connectivity index (χ3n) is 3.03. The molecule has 1 atom stereocenters. The van der Waals surface area contributed by atoms with Gasteiger partial charge in [0.15, 0.2) is 0 Å². The first-order valence-corrected chi connectivity index (χ1v) is 5.81. The average molecular weight is 222 g/mol. The van der Waals surface area contributed by atoms with Crippen molar-refractivity contribution in [3.63, 3.8) is 0 Å². The lowest BCUT2D eigenvalue weighted by Crippen LogP contribution is -2.26. The average Bonchev–Trinajstić information content (AvgIpc) is 2.81. The fourth-order valence-electron chi connectivity index (χ4n) is 2.07. The van der Waals surface area contributed by atoms with Gasteiger partial charge in [-0.05, 0) is 25.3 Å². The Bertz CT molecular complexity index is 394. The van der Waals surface area contributed by atoms with E-state index >= 15 is 0 Å².